The molecule has 2 aromatic rings. The molecule has 0 fully saturated rings. The molecule has 2 rings (SSSR count). The molecule has 1 unspecified atom stereocenters. The third kappa shape index (κ3) is 6.33. The highest BCUT2D eigenvalue weighted by Gasteiger charge is 2.24. The van der Waals surface area contributed by atoms with Crippen molar-refractivity contribution in [3.63, 3.8) is 0 Å². The maximum absolute atomic E-state index is 11.7. The molecule has 1 N–H and O–H groups in total. The zero-order chi connectivity index (χ0) is 18.1. The number of carboxylic acid groups (broad SMARTS) is 1. The van der Waals surface area contributed by atoms with E-state index in [9.17, 15) is 9.90 Å². The Morgan fingerprint density at radius 1 is 1.12 bits per heavy atom. The minimum atomic E-state index is -0.837. The van der Waals surface area contributed by atoms with Crippen molar-refractivity contribution < 1.29 is 9.90 Å². The summed E-state index contributed by atoms with van der Waals surface area (Å²) in [6.45, 7) is 4.77. The van der Waals surface area contributed by atoms with E-state index in [0.29, 0.717) is 19.5 Å². The number of rotatable bonds is 9. The molecule has 0 saturated carbocycles. The number of aliphatic carboxylic acids is 1. The van der Waals surface area contributed by atoms with Crippen LogP contribution in [0.4, 0.5) is 0 Å². The van der Waals surface area contributed by atoms with Gasteiger partial charge in [0, 0.05) is 17.6 Å². The van der Waals surface area contributed by atoms with Gasteiger partial charge in [-0.2, -0.15) is 0 Å². The third-order valence-corrected chi connectivity index (χ3v) is 4.30. The van der Waals surface area contributed by atoms with E-state index in [2.05, 4.69) is 22.5 Å². The molecule has 0 saturated heterocycles. The van der Waals surface area contributed by atoms with Gasteiger partial charge in [-0.25, -0.2) is 0 Å². The Kier molecular flexibility index (Phi) is 7.64. The second-order valence-corrected chi connectivity index (χ2v) is 6.79. The summed E-state index contributed by atoms with van der Waals surface area (Å²) in [6, 6.07) is 19.2. The predicted molar refractivity (Wildman–Crippen MR) is 106 cm³/mol. The molecule has 0 aliphatic carbocycles. The van der Waals surface area contributed by atoms with Crippen molar-refractivity contribution in [2.75, 3.05) is 6.54 Å². The van der Waals surface area contributed by atoms with Gasteiger partial charge in [0.1, 0.15) is 6.04 Å². The first kappa shape index (κ1) is 19.2. The summed E-state index contributed by atoms with van der Waals surface area (Å²) in [5.41, 5.74) is 2.16. The largest absolute Gasteiger partial charge is 0.480 e. The van der Waals surface area contributed by atoms with Crippen molar-refractivity contribution in [3.05, 3.63) is 88.9 Å². The van der Waals surface area contributed by atoms with Gasteiger partial charge in [0.25, 0.3) is 0 Å². The van der Waals surface area contributed by atoms with Crippen LogP contribution in [0.5, 0.6) is 0 Å². The first-order chi connectivity index (χ1) is 12.1. The van der Waals surface area contributed by atoms with Crippen LogP contribution < -0.4 is 0 Å². The molecule has 0 aliphatic heterocycles. The number of hydrogen-bond acceptors (Lipinski definition) is 2. The van der Waals surface area contributed by atoms with E-state index in [4.69, 9.17) is 0 Å². The van der Waals surface area contributed by atoms with Gasteiger partial charge in [-0.15, -0.1) is 6.58 Å². The van der Waals surface area contributed by atoms with Crippen LogP contribution in [-0.4, -0.2) is 28.6 Å². The molecule has 0 amide bonds. The van der Waals surface area contributed by atoms with Gasteiger partial charge in [-0.05, 0) is 23.6 Å². The molecule has 0 aromatic heterocycles. The lowest BCUT2D eigenvalue weighted by molar-refractivity contribution is -0.143. The Hall–Kier alpha value is -2.17. The van der Waals surface area contributed by atoms with E-state index in [1.165, 1.54) is 0 Å². The highest BCUT2D eigenvalue weighted by molar-refractivity contribution is 9.11. The van der Waals surface area contributed by atoms with Crippen molar-refractivity contribution in [1.29, 1.82) is 0 Å². The number of carbonyl (C=O) groups is 1. The fourth-order valence-corrected chi connectivity index (χ4v) is 3.21. The smallest absolute Gasteiger partial charge is 0.321 e. The lowest BCUT2D eigenvalue weighted by Gasteiger charge is -2.28. The Balaban J connectivity index is 2.22. The quantitative estimate of drug-likeness (QED) is 0.606. The molecular formula is C21H22BrNO2. The Morgan fingerprint density at radius 3 is 2.28 bits per heavy atom. The molecule has 0 spiro atoms. The van der Waals surface area contributed by atoms with Crippen LogP contribution in [0.15, 0.2) is 77.8 Å². The monoisotopic (exact) mass is 399 g/mol. The first-order valence-corrected chi connectivity index (χ1v) is 8.92. The van der Waals surface area contributed by atoms with Gasteiger partial charge in [0.05, 0.1) is 0 Å². The topological polar surface area (TPSA) is 40.5 Å². The Morgan fingerprint density at radius 2 is 1.72 bits per heavy atom. The van der Waals surface area contributed by atoms with Gasteiger partial charge in [0.2, 0.25) is 0 Å². The fourth-order valence-electron chi connectivity index (χ4n) is 2.63. The lowest BCUT2D eigenvalue weighted by atomic mass is 10.1. The van der Waals surface area contributed by atoms with E-state index in [1.54, 1.807) is 6.08 Å². The second-order valence-electron chi connectivity index (χ2n) is 5.77. The summed E-state index contributed by atoms with van der Waals surface area (Å²) >= 11 is 3.60. The molecule has 1 atom stereocenters. The van der Waals surface area contributed by atoms with Gasteiger partial charge < -0.3 is 5.11 Å². The van der Waals surface area contributed by atoms with E-state index in [-0.39, 0.29) is 0 Å². The number of carboxylic acids is 1. The number of hydrogen-bond donors (Lipinski definition) is 1. The molecule has 3 nitrogen and oxygen atoms in total. The second kappa shape index (κ2) is 9.97. The molecule has 0 radical (unpaired) electrons. The van der Waals surface area contributed by atoms with Crippen molar-refractivity contribution in [2.24, 2.45) is 0 Å². The zero-order valence-corrected chi connectivity index (χ0v) is 15.6. The summed E-state index contributed by atoms with van der Waals surface area (Å²) in [4.78, 5) is 13.7. The van der Waals surface area contributed by atoms with Crippen molar-refractivity contribution in [2.45, 2.75) is 19.0 Å². The van der Waals surface area contributed by atoms with E-state index >= 15 is 0 Å². The molecular weight excluding hydrogens is 378 g/mol. The van der Waals surface area contributed by atoms with Crippen LogP contribution in [0.25, 0.3) is 6.08 Å². The van der Waals surface area contributed by atoms with Crippen molar-refractivity contribution in [3.8, 4) is 0 Å². The molecule has 0 heterocycles. The molecule has 4 heteroatoms. The number of benzene rings is 2. The summed E-state index contributed by atoms with van der Waals surface area (Å²) < 4.78 is 0.935. The molecule has 0 aliphatic rings. The maximum Gasteiger partial charge on any atom is 0.321 e. The summed E-state index contributed by atoms with van der Waals surface area (Å²) in [5.74, 6) is -0.837. The van der Waals surface area contributed by atoms with Crippen LogP contribution in [0.3, 0.4) is 0 Å². The molecule has 25 heavy (non-hydrogen) atoms. The molecule has 130 valence electrons. The van der Waals surface area contributed by atoms with E-state index in [0.717, 1.165) is 15.6 Å². The van der Waals surface area contributed by atoms with Crippen molar-refractivity contribution in [1.82, 2.24) is 4.90 Å². The average molecular weight is 400 g/mol. The average Bonchev–Trinajstić information content (AvgIpc) is 2.60. The van der Waals surface area contributed by atoms with Crippen LogP contribution in [0.2, 0.25) is 0 Å². The van der Waals surface area contributed by atoms with E-state index in [1.807, 2.05) is 71.6 Å². The van der Waals surface area contributed by atoms with Gasteiger partial charge in [-0.1, -0.05) is 82.7 Å². The highest BCUT2D eigenvalue weighted by Crippen LogP contribution is 2.19. The lowest BCUT2D eigenvalue weighted by Crippen LogP contribution is -2.41. The Bertz CT molecular complexity index is 713. The summed E-state index contributed by atoms with van der Waals surface area (Å²) in [5, 5.41) is 9.63. The van der Waals surface area contributed by atoms with Crippen molar-refractivity contribution >= 4 is 28.0 Å². The van der Waals surface area contributed by atoms with Crippen LogP contribution in [0, 0.1) is 0 Å². The van der Waals surface area contributed by atoms with Crippen LogP contribution in [-0.2, 0) is 11.3 Å². The van der Waals surface area contributed by atoms with Crippen LogP contribution in [0.1, 0.15) is 17.5 Å². The highest BCUT2D eigenvalue weighted by atomic mass is 79.9. The minimum Gasteiger partial charge on any atom is -0.480 e. The minimum absolute atomic E-state index is 0.397. The predicted octanol–water partition coefficient (Wildman–Crippen LogP) is 4.95. The van der Waals surface area contributed by atoms with Gasteiger partial charge in [-0.3, -0.25) is 9.69 Å². The SMILES string of the molecule is C=CCC(C(=O)O)N(C/C(Br)=C/c1ccccc1)Cc1ccccc1. The maximum atomic E-state index is 11.7. The summed E-state index contributed by atoms with van der Waals surface area (Å²) in [7, 11) is 0. The first-order valence-electron chi connectivity index (χ1n) is 8.13. The van der Waals surface area contributed by atoms with Gasteiger partial charge in [0.15, 0.2) is 0 Å². The van der Waals surface area contributed by atoms with Gasteiger partial charge >= 0.3 is 5.97 Å². The number of halogens is 1. The fraction of sp³-hybridized carbons (Fsp3) is 0.190. The standard InChI is InChI=1S/C21H22BrNO2/c1-2-9-20(21(24)25)23(15-18-12-7-4-8-13-18)16-19(22)14-17-10-5-3-6-11-17/h2-8,10-14,20H,1,9,15-16H2,(H,24,25)/b19-14-. The summed E-state index contributed by atoms with van der Waals surface area (Å²) in [6.07, 6.45) is 4.07. The zero-order valence-electron chi connectivity index (χ0n) is 14.0. The third-order valence-electron chi connectivity index (χ3n) is 3.82. The van der Waals surface area contributed by atoms with Crippen LogP contribution >= 0.6 is 15.9 Å². The molecule has 0 bridgehead atoms. The number of nitrogens with zero attached hydrogens (tertiary/aromatic N) is 1. The molecule has 2 aromatic carbocycles. The Labute approximate surface area is 157 Å². The van der Waals surface area contributed by atoms with E-state index < -0.39 is 12.0 Å². The normalized spacial score (nSPS) is 12.8.